The van der Waals surface area contributed by atoms with Crippen molar-refractivity contribution in [2.75, 3.05) is 14.1 Å². The van der Waals surface area contributed by atoms with Crippen LogP contribution in [-0.2, 0) is 17.8 Å². The van der Waals surface area contributed by atoms with Crippen molar-refractivity contribution in [3.05, 3.63) is 29.3 Å². The lowest BCUT2D eigenvalue weighted by Crippen LogP contribution is -2.14. The van der Waals surface area contributed by atoms with Crippen molar-refractivity contribution in [3.63, 3.8) is 0 Å². The van der Waals surface area contributed by atoms with E-state index >= 15 is 0 Å². The van der Waals surface area contributed by atoms with Crippen molar-refractivity contribution in [1.82, 2.24) is 4.90 Å². The van der Waals surface area contributed by atoms with Gasteiger partial charge in [0.05, 0.1) is 6.42 Å². The van der Waals surface area contributed by atoms with Crippen molar-refractivity contribution in [3.8, 4) is 5.75 Å². The van der Waals surface area contributed by atoms with Crippen molar-refractivity contribution >= 4 is 5.91 Å². The lowest BCUT2D eigenvalue weighted by Gasteiger charge is -2.11. The average Bonchev–Trinajstić information content (AvgIpc) is 2.08. The van der Waals surface area contributed by atoms with E-state index in [-0.39, 0.29) is 12.2 Å². The van der Waals surface area contributed by atoms with Gasteiger partial charge in [0.15, 0.2) is 0 Å². The monoisotopic (exact) mass is 208 g/mol. The largest absolute Gasteiger partial charge is 0.508 e. The van der Waals surface area contributed by atoms with Crippen molar-refractivity contribution in [1.29, 1.82) is 0 Å². The van der Waals surface area contributed by atoms with Gasteiger partial charge in [0.1, 0.15) is 5.75 Å². The van der Waals surface area contributed by atoms with Crippen LogP contribution in [0.3, 0.4) is 0 Å². The number of rotatable bonds is 4. The summed E-state index contributed by atoms with van der Waals surface area (Å²) in [4.78, 5) is 12.6. The maximum atomic E-state index is 10.7. The van der Waals surface area contributed by atoms with E-state index in [1.165, 1.54) is 0 Å². The minimum atomic E-state index is -0.394. The summed E-state index contributed by atoms with van der Waals surface area (Å²) < 4.78 is 0. The summed E-state index contributed by atoms with van der Waals surface area (Å²) in [6, 6.07) is 5.21. The predicted molar refractivity (Wildman–Crippen MR) is 58.4 cm³/mol. The molecule has 0 saturated heterocycles. The summed E-state index contributed by atoms with van der Waals surface area (Å²) in [6.07, 6.45) is 0.163. The highest BCUT2D eigenvalue weighted by atomic mass is 16.3. The molecule has 1 rings (SSSR count). The fourth-order valence-electron chi connectivity index (χ4n) is 1.39. The second-order valence-electron chi connectivity index (χ2n) is 3.84. The topological polar surface area (TPSA) is 66.6 Å². The molecule has 82 valence electrons. The number of primary amides is 1. The molecule has 0 bridgehead atoms. The number of hydrogen-bond donors (Lipinski definition) is 2. The Kier molecular flexibility index (Phi) is 3.68. The van der Waals surface area contributed by atoms with Gasteiger partial charge < -0.3 is 15.7 Å². The second kappa shape index (κ2) is 4.79. The number of nitrogens with two attached hydrogens (primary N) is 1. The SMILES string of the molecule is CN(C)Cc1ccc(CC(N)=O)cc1O. The number of benzene rings is 1. The number of amides is 1. The van der Waals surface area contributed by atoms with E-state index in [0.29, 0.717) is 6.54 Å². The molecule has 15 heavy (non-hydrogen) atoms. The number of phenols is 1. The summed E-state index contributed by atoms with van der Waals surface area (Å²) in [6.45, 7) is 0.669. The summed E-state index contributed by atoms with van der Waals surface area (Å²) in [5.41, 5.74) is 6.64. The smallest absolute Gasteiger partial charge is 0.221 e. The zero-order valence-electron chi connectivity index (χ0n) is 9.03. The Bertz CT molecular complexity index is 362. The van der Waals surface area contributed by atoms with Gasteiger partial charge in [-0.1, -0.05) is 12.1 Å². The average molecular weight is 208 g/mol. The van der Waals surface area contributed by atoms with Gasteiger partial charge in [-0.05, 0) is 25.7 Å². The maximum absolute atomic E-state index is 10.7. The molecule has 1 aromatic carbocycles. The van der Waals surface area contributed by atoms with Gasteiger partial charge in [-0.3, -0.25) is 4.79 Å². The minimum absolute atomic E-state index is 0.163. The van der Waals surface area contributed by atoms with Gasteiger partial charge >= 0.3 is 0 Å². The van der Waals surface area contributed by atoms with E-state index < -0.39 is 5.91 Å². The van der Waals surface area contributed by atoms with E-state index in [1.807, 2.05) is 31.1 Å². The van der Waals surface area contributed by atoms with E-state index in [2.05, 4.69) is 0 Å². The van der Waals surface area contributed by atoms with Crippen molar-refractivity contribution in [2.45, 2.75) is 13.0 Å². The third-order valence-corrected chi connectivity index (χ3v) is 2.01. The van der Waals surface area contributed by atoms with Gasteiger partial charge in [-0.25, -0.2) is 0 Å². The third-order valence-electron chi connectivity index (χ3n) is 2.01. The molecule has 4 nitrogen and oxygen atoms in total. The molecule has 3 N–H and O–H groups in total. The number of carbonyl (C=O) groups excluding carboxylic acids is 1. The summed E-state index contributed by atoms with van der Waals surface area (Å²) in [5, 5.41) is 9.67. The lowest BCUT2D eigenvalue weighted by atomic mass is 10.1. The van der Waals surface area contributed by atoms with Crippen LogP contribution in [-0.4, -0.2) is 30.0 Å². The number of hydrogen-bond acceptors (Lipinski definition) is 3. The van der Waals surface area contributed by atoms with Crippen LogP contribution in [0.5, 0.6) is 5.75 Å². The Morgan fingerprint density at radius 1 is 1.47 bits per heavy atom. The first-order valence-corrected chi connectivity index (χ1v) is 4.73. The quantitative estimate of drug-likeness (QED) is 0.756. The Balaban J connectivity index is 2.83. The number of nitrogens with zero attached hydrogens (tertiary/aromatic N) is 1. The van der Waals surface area contributed by atoms with E-state index in [0.717, 1.165) is 11.1 Å². The second-order valence-corrected chi connectivity index (χ2v) is 3.84. The molecule has 0 saturated carbocycles. The highest BCUT2D eigenvalue weighted by Gasteiger charge is 2.05. The molecule has 0 spiro atoms. The minimum Gasteiger partial charge on any atom is -0.508 e. The molecule has 0 radical (unpaired) electrons. The van der Waals surface area contributed by atoms with Crippen LogP contribution in [0.4, 0.5) is 0 Å². The molecule has 1 aromatic rings. The van der Waals surface area contributed by atoms with E-state index in [9.17, 15) is 9.90 Å². The molecular formula is C11H16N2O2. The van der Waals surface area contributed by atoms with Crippen LogP contribution < -0.4 is 5.73 Å². The normalized spacial score (nSPS) is 10.6. The first kappa shape index (κ1) is 11.5. The van der Waals surface area contributed by atoms with Crippen molar-refractivity contribution < 1.29 is 9.90 Å². The van der Waals surface area contributed by atoms with Crippen LogP contribution in [0.1, 0.15) is 11.1 Å². The highest BCUT2D eigenvalue weighted by Crippen LogP contribution is 2.20. The van der Waals surface area contributed by atoms with Crippen LogP contribution >= 0.6 is 0 Å². The lowest BCUT2D eigenvalue weighted by molar-refractivity contribution is -0.117. The van der Waals surface area contributed by atoms with Crippen LogP contribution in [0.25, 0.3) is 0 Å². The van der Waals surface area contributed by atoms with Crippen LogP contribution in [0.15, 0.2) is 18.2 Å². The molecule has 0 aliphatic rings. The molecule has 0 atom stereocenters. The Morgan fingerprint density at radius 3 is 2.60 bits per heavy atom. The molecular weight excluding hydrogens is 192 g/mol. The van der Waals surface area contributed by atoms with Gasteiger partial charge in [0, 0.05) is 12.1 Å². The number of phenolic OH excluding ortho intramolecular Hbond substituents is 1. The fourth-order valence-corrected chi connectivity index (χ4v) is 1.39. The molecule has 0 fully saturated rings. The third kappa shape index (κ3) is 3.59. The van der Waals surface area contributed by atoms with Crippen LogP contribution in [0.2, 0.25) is 0 Å². The zero-order chi connectivity index (χ0) is 11.4. The van der Waals surface area contributed by atoms with Crippen LogP contribution in [0, 0.1) is 0 Å². The first-order chi connectivity index (χ1) is 6.99. The summed E-state index contributed by atoms with van der Waals surface area (Å²) in [7, 11) is 3.85. The van der Waals surface area contributed by atoms with E-state index in [4.69, 9.17) is 5.73 Å². The molecule has 4 heteroatoms. The zero-order valence-corrected chi connectivity index (χ0v) is 9.03. The molecule has 0 aliphatic carbocycles. The van der Waals surface area contributed by atoms with Gasteiger partial charge in [-0.2, -0.15) is 0 Å². The Hall–Kier alpha value is -1.55. The molecule has 0 aliphatic heterocycles. The standard InChI is InChI=1S/C11H16N2O2/c1-13(2)7-9-4-3-8(5-10(9)14)6-11(12)15/h3-5,14H,6-7H2,1-2H3,(H2,12,15). The van der Waals surface area contributed by atoms with Gasteiger partial charge in [-0.15, -0.1) is 0 Å². The first-order valence-electron chi connectivity index (χ1n) is 4.73. The fraction of sp³-hybridized carbons (Fsp3) is 0.364. The van der Waals surface area contributed by atoms with E-state index in [1.54, 1.807) is 6.07 Å². The molecule has 1 amide bonds. The molecule has 0 aromatic heterocycles. The van der Waals surface area contributed by atoms with Crippen molar-refractivity contribution in [2.24, 2.45) is 5.73 Å². The number of carbonyl (C=O) groups is 1. The van der Waals surface area contributed by atoms with Gasteiger partial charge in [0.2, 0.25) is 5.91 Å². The summed E-state index contributed by atoms with van der Waals surface area (Å²) in [5.74, 6) is -0.183. The maximum Gasteiger partial charge on any atom is 0.221 e. The Morgan fingerprint density at radius 2 is 2.13 bits per heavy atom. The number of aromatic hydroxyl groups is 1. The predicted octanol–water partition coefficient (Wildman–Crippen LogP) is 0.482. The summed E-state index contributed by atoms with van der Waals surface area (Å²) >= 11 is 0. The molecule has 0 unspecified atom stereocenters. The molecule has 0 heterocycles. The Labute approximate surface area is 89.3 Å². The van der Waals surface area contributed by atoms with Gasteiger partial charge in [0.25, 0.3) is 0 Å². The highest BCUT2D eigenvalue weighted by molar-refractivity contribution is 5.76.